The lowest BCUT2D eigenvalue weighted by molar-refractivity contribution is -0.148. The van der Waals surface area contributed by atoms with Crippen molar-refractivity contribution in [2.24, 2.45) is 0 Å². The van der Waals surface area contributed by atoms with Gasteiger partial charge in [0.2, 0.25) is 5.91 Å². The number of carbonyl (C=O) groups excluding carboxylic acids is 2. The summed E-state index contributed by atoms with van der Waals surface area (Å²) in [5, 5.41) is 12.6. The molecular weight excluding hydrogens is 330 g/mol. The molecule has 0 rings (SSSR count). The van der Waals surface area contributed by atoms with Crippen LogP contribution < -0.4 is 5.32 Å². The third kappa shape index (κ3) is 14.1. The van der Waals surface area contributed by atoms with Gasteiger partial charge in [0.15, 0.2) is 6.04 Å². The number of aliphatic hydroxyl groups is 1. The average Bonchev–Trinajstić information content (AvgIpc) is 2.62. The second-order valence-electron chi connectivity index (χ2n) is 7.30. The van der Waals surface area contributed by atoms with E-state index in [1.54, 1.807) is 0 Å². The van der Waals surface area contributed by atoms with E-state index in [0.29, 0.717) is 6.42 Å². The molecule has 0 radical (unpaired) electrons. The molecule has 0 fully saturated rings. The Morgan fingerprint density at radius 1 is 0.846 bits per heavy atom. The van der Waals surface area contributed by atoms with Crippen LogP contribution in [0.4, 0.5) is 0 Å². The van der Waals surface area contributed by atoms with E-state index in [1.165, 1.54) is 78.2 Å². The number of nitrogens with one attached hydrogen (secondary N) is 1. The fourth-order valence-corrected chi connectivity index (χ4v) is 3.20. The number of carbonyl (C=O) groups is 2. The standard InChI is InChI=1S/C21H41NO4/c1-4-5-6-7-8-9-10-11-12-13-14-15-16-17-19(24)20(21(25)26-3)22-18(2)23/h19-20,24H,4-17H2,1-3H3,(H,22,23)/t19-,20+/m1/s1. The van der Waals surface area contributed by atoms with Crippen LogP contribution in [0, 0.1) is 0 Å². The molecule has 0 aromatic rings. The first-order chi connectivity index (χ1) is 12.5. The van der Waals surface area contributed by atoms with Crippen molar-refractivity contribution in [1.29, 1.82) is 0 Å². The second kappa shape index (κ2) is 17.3. The van der Waals surface area contributed by atoms with Crippen LogP contribution in [-0.2, 0) is 14.3 Å². The quantitative estimate of drug-likeness (QED) is 0.291. The second-order valence-corrected chi connectivity index (χ2v) is 7.30. The Morgan fingerprint density at radius 2 is 1.27 bits per heavy atom. The van der Waals surface area contributed by atoms with Crippen LogP contribution in [0.25, 0.3) is 0 Å². The molecule has 0 aliphatic carbocycles. The molecule has 0 aliphatic heterocycles. The zero-order valence-corrected chi connectivity index (χ0v) is 17.2. The third-order valence-electron chi connectivity index (χ3n) is 4.80. The van der Waals surface area contributed by atoms with Crippen molar-refractivity contribution in [3.8, 4) is 0 Å². The predicted molar refractivity (Wildman–Crippen MR) is 106 cm³/mol. The average molecular weight is 372 g/mol. The third-order valence-corrected chi connectivity index (χ3v) is 4.80. The molecule has 0 aromatic carbocycles. The van der Waals surface area contributed by atoms with Crippen molar-refractivity contribution in [3.63, 3.8) is 0 Å². The number of esters is 1. The number of ether oxygens (including phenoxy) is 1. The van der Waals surface area contributed by atoms with Crippen LogP contribution in [0.15, 0.2) is 0 Å². The molecule has 5 heteroatoms. The van der Waals surface area contributed by atoms with Crippen LogP contribution in [0.3, 0.4) is 0 Å². The Balaban J connectivity index is 3.58. The van der Waals surface area contributed by atoms with Gasteiger partial charge in [-0.25, -0.2) is 4.79 Å². The van der Waals surface area contributed by atoms with Gasteiger partial charge < -0.3 is 15.2 Å². The number of amides is 1. The van der Waals surface area contributed by atoms with Gasteiger partial charge in [-0.05, 0) is 6.42 Å². The van der Waals surface area contributed by atoms with Gasteiger partial charge in [-0.1, -0.05) is 90.4 Å². The lowest BCUT2D eigenvalue weighted by Crippen LogP contribution is -2.48. The van der Waals surface area contributed by atoms with Gasteiger partial charge in [-0.15, -0.1) is 0 Å². The predicted octanol–water partition coefficient (Wildman–Crippen LogP) is 4.51. The minimum Gasteiger partial charge on any atom is -0.467 e. The summed E-state index contributed by atoms with van der Waals surface area (Å²) in [7, 11) is 1.26. The first-order valence-electron chi connectivity index (χ1n) is 10.6. The highest BCUT2D eigenvalue weighted by Gasteiger charge is 2.27. The Labute approximate surface area is 160 Å². The van der Waals surface area contributed by atoms with Crippen LogP contribution in [0.5, 0.6) is 0 Å². The monoisotopic (exact) mass is 371 g/mol. The van der Waals surface area contributed by atoms with Gasteiger partial charge in [0.05, 0.1) is 13.2 Å². The summed E-state index contributed by atoms with van der Waals surface area (Å²) in [5.74, 6) is -0.938. The maximum Gasteiger partial charge on any atom is 0.331 e. The summed E-state index contributed by atoms with van der Waals surface area (Å²) in [6.07, 6.45) is 16.1. The number of aliphatic hydroxyl groups excluding tert-OH is 1. The molecular formula is C21H41NO4. The van der Waals surface area contributed by atoms with E-state index >= 15 is 0 Å². The van der Waals surface area contributed by atoms with E-state index in [9.17, 15) is 14.7 Å². The van der Waals surface area contributed by atoms with Crippen LogP contribution in [0.2, 0.25) is 0 Å². The molecule has 5 nitrogen and oxygen atoms in total. The highest BCUT2D eigenvalue weighted by molar-refractivity contribution is 5.83. The van der Waals surface area contributed by atoms with Gasteiger partial charge in [0.25, 0.3) is 0 Å². The summed E-state index contributed by atoms with van der Waals surface area (Å²) >= 11 is 0. The summed E-state index contributed by atoms with van der Waals surface area (Å²) in [6, 6.07) is -0.963. The SMILES string of the molecule is CCCCCCCCCCCCCCC[C@@H](O)[C@H](NC(C)=O)C(=O)OC. The van der Waals surface area contributed by atoms with Crippen molar-refractivity contribution in [2.75, 3.05) is 7.11 Å². The molecule has 0 unspecified atom stereocenters. The van der Waals surface area contributed by atoms with Crippen molar-refractivity contribution >= 4 is 11.9 Å². The Hall–Kier alpha value is -1.10. The molecule has 0 bridgehead atoms. The van der Waals surface area contributed by atoms with Crippen LogP contribution >= 0.6 is 0 Å². The fraction of sp³-hybridized carbons (Fsp3) is 0.905. The molecule has 154 valence electrons. The Bertz CT molecular complexity index is 360. The van der Waals surface area contributed by atoms with E-state index in [4.69, 9.17) is 0 Å². The van der Waals surface area contributed by atoms with E-state index in [-0.39, 0.29) is 5.91 Å². The topological polar surface area (TPSA) is 75.6 Å². The first kappa shape index (κ1) is 24.9. The normalized spacial score (nSPS) is 13.2. The van der Waals surface area contributed by atoms with Crippen molar-refractivity contribution in [1.82, 2.24) is 5.32 Å². The van der Waals surface area contributed by atoms with Crippen LogP contribution in [-0.4, -0.2) is 36.2 Å². The van der Waals surface area contributed by atoms with Gasteiger partial charge in [-0.2, -0.15) is 0 Å². The van der Waals surface area contributed by atoms with Crippen LogP contribution in [0.1, 0.15) is 104 Å². The minimum atomic E-state index is -0.963. The Kier molecular flexibility index (Phi) is 16.6. The number of unbranched alkanes of at least 4 members (excludes halogenated alkanes) is 12. The smallest absolute Gasteiger partial charge is 0.331 e. The van der Waals surface area contributed by atoms with E-state index in [2.05, 4.69) is 17.0 Å². The maximum absolute atomic E-state index is 11.6. The number of rotatable bonds is 17. The molecule has 26 heavy (non-hydrogen) atoms. The lowest BCUT2D eigenvalue weighted by atomic mass is 10.0. The Morgan fingerprint density at radius 3 is 1.65 bits per heavy atom. The largest absolute Gasteiger partial charge is 0.467 e. The van der Waals surface area contributed by atoms with E-state index in [0.717, 1.165) is 19.3 Å². The zero-order valence-electron chi connectivity index (χ0n) is 17.2. The van der Waals surface area contributed by atoms with Gasteiger partial charge in [-0.3, -0.25) is 4.79 Å². The number of methoxy groups -OCH3 is 1. The first-order valence-corrected chi connectivity index (χ1v) is 10.6. The molecule has 2 atom stereocenters. The number of hydrogen-bond donors (Lipinski definition) is 2. The molecule has 0 heterocycles. The molecule has 0 saturated carbocycles. The van der Waals surface area contributed by atoms with Crippen molar-refractivity contribution in [2.45, 2.75) is 116 Å². The maximum atomic E-state index is 11.6. The highest BCUT2D eigenvalue weighted by Crippen LogP contribution is 2.14. The molecule has 0 saturated heterocycles. The fourth-order valence-electron chi connectivity index (χ4n) is 3.20. The van der Waals surface area contributed by atoms with Gasteiger partial charge in [0, 0.05) is 6.92 Å². The summed E-state index contributed by atoms with van der Waals surface area (Å²) in [4.78, 5) is 22.8. The molecule has 0 aliphatic rings. The lowest BCUT2D eigenvalue weighted by Gasteiger charge is -2.21. The highest BCUT2D eigenvalue weighted by atomic mass is 16.5. The molecule has 2 N–H and O–H groups in total. The molecule has 0 aromatic heterocycles. The van der Waals surface area contributed by atoms with E-state index < -0.39 is 18.1 Å². The number of hydrogen-bond acceptors (Lipinski definition) is 4. The summed E-state index contributed by atoms with van der Waals surface area (Å²) < 4.78 is 4.64. The molecule has 0 spiro atoms. The summed E-state index contributed by atoms with van der Waals surface area (Å²) in [5.41, 5.74) is 0. The van der Waals surface area contributed by atoms with Gasteiger partial charge in [0.1, 0.15) is 0 Å². The van der Waals surface area contributed by atoms with E-state index in [1.807, 2.05) is 0 Å². The minimum absolute atomic E-state index is 0.343. The van der Waals surface area contributed by atoms with Crippen molar-refractivity contribution < 1.29 is 19.4 Å². The zero-order chi connectivity index (χ0) is 19.6. The van der Waals surface area contributed by atoms with Gasteiger partial charge >= 0.3 is 5.97 Å². The molecule has 1 amide bonds. The van der Waals surface area contributed by atoms with Crippen molar-refractivity contribution in [3.05, 3.63) is 0 Å². The summed E-state index contributed by atoms with van der Waals surface area (Å²) in [6.45, 7) is 3.58.